The third kappa shape index (κ3) is 4.68. The van der Waals surface area contributed by atoms with Crippen LogP contribution in [0.5, 0.6) is 0 Å². The first-order valence-electron chi connectivity index (χ1n) is 14.8. The van der Waals surface area contributed by atoms with Crippen LogP contribution in [0.25, 0.3) is 11.3 Å². The Morgan fingerprint density at radius 1 is 0.878 bits per heavy atom. The molecule has 1 unspecified atom stereocenters. The lowest BCUT2D eigenvalue weighted by molar-refractivity contribution is -0.126. The van der Waals surface area contributed by atoms with Gasteiger partial charge >= 0.3 is 0 Å². The quantitative estimate of drug-likeness (QED) is 0.253. The summed E-state index contributed by atoms with van der Waals surface area (Å²) in [6.07, 6.45) is 7.06. The zero-order valence-corrected chi connectivity index (χ0v) is 24.2. The Labute approximate surface area is 245 Å². The number of aromatic nitrogens is 1. The van der Waals surface area contributed by atoms with E-state index in [0.717, 1.165) is 24.2 Å². The molecule has 1 aromatic heterocycles. The van der Waals surface area contributed by atoms with Crippen molar-refractivity contribution in [1.82, 2.24) is 10.3 Å². The van der Waals surface area contributed by atoms with Crippen LogP contribution in [0.2, 0.25) is 0 Å². The SMILES string of the molecule is CC1(C(=O)Nc2nc(-c3ccc(C(=O)NCC4CCCCC4)cc3)cs2)CC2c3ccccc3C1c1ccccc12. The first-order valence-corrected chi connectivity index (χ1v) is 15.7. The minimum Gasteiger partial charge on any atom is -0.352 e. The molecule has 4 aliphatic carbocycles. The number of benzene rings is 3. The van der Waals surface area contributed by atoms with Crippen molar-refractivity contribution in [2.75, 3.05) is 11.9 Å². The number of carbonyl (C=O) groups excluding carboxylic acids is 2. The van der Waals surface area contributed by atoms with Gasteiger partial charge < -0.3 is 10.6 Å². The van der Waals surface area contributed by atoms with Crippen LogP contribution in [0, 0.1) is 11.3 Å². The predicted molar refractivity (Wildman–Crippen MR) is 164 cm³/mol. The van der Waals surface area contributed by atoms with E-state index >= 15 is 0 Å². The summed E-state index contributed by atoms with van der Waals surface area (Å²) in [7, 11) is 0. The molecule has 2 bridgehead atoms. The number of nitrogens with zero attached hydrogens (tertiary/aromatic N) is 1. The topological polar surface area (TPSA) is 71.1 Å². The second kappa shape index (κ2) is 10.6. The number of rotatable bonds is 6. The Kier molecular flexibility index (Phi) is 6.74. The van der Waals surface area contributed by atoms with Crippen molar-refractivity contribution in [1.29, 1.82) is 0 Å². The van der Waals surface area contributed by atoms with E-state index in [9.17, 15) is 9.59 Å². The van der Waals surface area contributed by atoms with E-state index in [2.05, 4.69) is 66.1 Å². The molecule has 5 nitrogen and oxygen atoms in total. The number of carbonyl (C=O) groups is 2. The van der Waals surface area contributed by atoms with E-state index in [0.29, 0.717) is 16.6 Å². The number of anilines is 1. The van der Waals surface area contributed by atoms with Crippen LogP contribution >= 0.6 is 11.3 Å². The van der Waals surface area contributed by atoms with Crippen molar-refractivity contribution < 1.29 is 9.59 Å². The lowest BCUT2D eigenvalue weighted by Crippen LogP contribution is -2.47. The highest BCUT2D eigenvalue weighted by Gasteiger charge is 2.54. The highest BCUT2D eigenvalue weighted by atomic mass is 32.1. The van der Waals surface area contributed by atoms with Gasteiger partial charge in [-0.25, -0.2) is 4.98 Å². The lowest BCUT2D eigenvalue weighted by Gasteiger charge is -2.50. The molecule has 2 N–H and O–H groups in total. The number of fused-ring (bicyclic) bond motifs is 1. The molecule has 1 fully saturated rings. The maximum absolute atomic E-state index is 14.0. The molecule has 41 heavy (non-hydrogen) atoms. The number of hydrogen-bond donors (Lipinski definition) is 2. The minimum atomic E-state index is -0.578. The molecule has 4 aliphatic rings. The van der Waals surface area contributed by atoms with E-state index in [-0.39, 0.29) is 23.7 Å². The molecule has 0 aliphatic heterocycles. The summed E-state index contributed by atoms with van der Waals surface area (Å²) in [4.78, 5) is 31.4. The van der Waals surface area contributed by atoms with Crippen LogP contribution < -0.4 is 10.6 Å². The molecule has 8 rings (SSSR count). The zero-order chi connectivity index (χ0) is 28.0. The molecular formula is C35H35N3O2S. The normalized spacial score (nSPS) is 23.0. The summed E-state index contributed by atoms with van der Waals surface area (Å²) < 4.78 is 0. The van der Waals surface area contributed by atoms with Crippen molar-refractivity contribution in [2.24, 2.45) is 11.3 Å². The van der Waals surface area contributed by atoms with Crippen LogP contribution in [0.3, 0.4) is 0 Å². The standard InChI is InChI=1S/C35H35N3O2S/c1-35(19-29-25-11-5-7-13-27(25)31(35)28-14-8-6-12-26(28)29)33(40)38-34-37-30(21-41-34)23-15-17-24(18-16-23)32(39)36-20-22-9-3-2-4-10-22/h5-8,11-18,21-22,29,31H,2-4,9-10,19-20H2,1H3,(H,36,39)(H,37,38,40). The summed E-state index contributed by atoms with van der Waals surface area (Å²) in [6.45, 7) is 2.87. The van der Waals surface area contributed by atoms with Crippen LogP contribution in [0.1, 0.15) is 89.9 Å². The largest absolute Gasteiger partial charge is 0.352 e. The fraction of sp³-hybridized carbons (Fsp3) is 0.343. The Bertz CT molecular complexity index is 1560. The highest BCUT2D eigenvalue weighted by molar-refractivity contribution is 7.14. The van der Waals surface area contributed by atoms with Crippen molar-refractivity contribution in [3.05, 3.63) is 106 Å². The molecule has 1 heterocycles. The smallest absolute Gasteiger partial charge is 0.251 e. The van der Waals surface area contributed by atoms with Gasteiger partial charge in [0.15, 0.2) is 5.13 Å². The number of hydrogen-bond acceptors (Lipinski definition) is 4. The summed E-state index contributed by atoms with van der Waals surface area (Å²) in [5, 5.41) is 8.85. The summed E-state index contributed by atoms with van der Waals surface area (Å²) in [5.41, 5.74) is 7.04. The van der Waals surface area contributed by atoms with Crippen molar-refractivity contribution in [2.45, 2.75) is 57.3 Å². The second-order valence-electron chi connectivity index (χ2n) is 12.1. The van der Waals surface area contributed by atoms with Gasteiger partial charge in [-0.05, 0) is 66.5 Å². The molecular weight excluding hydrogens is 526 g/mol. The molecule has 1 saturated carbocycles. The summed E-state index contributed by atoms with van der Waals surface area (Å²) in [6, 6.07) is 24.8. The van der Waals surface area contributed by atoms with Crippen molar-refractivity contribution in [3.8, 4) is 11.3 Å². The van der Waals surface area contributed by atoms with Crippen LogP contribution in [0.15, 0.2) is 78.2 Å². The molecule has 1 atom stereocenters. The van der Waals surface area contributed by atoms with E-state index in [4.69, 9.17) is 4.98 Å². The van der Waals surface area contributed by atoms with Gasteiger partial charge in [-0.3, -0.25) is 9.59 Å². The average molecular weight is 562 g/mol. The van der Waals surface area contributed by atoms with Crippen molar-refractivity contribution in [3.63, 3.8) is 0 Å². The Morgan fingerprint density at radius 2 is 1.51 bits per heavy atom. The van der Waals surface area contributed by atoms with Gasteiger partial charge in [-0.1, -0.05) is 79.9 Å². The maximum Gasteiger partial charge on any atom is 0.251 e. The second-order valence-corrected chi connectivity index (χ2v) is 13.0. The average Bonchev–Trinajstić information content (AvgIpc) is 3.49. The minimum absolute atomic E-state index is 0.0103. The number of thiazole rings is 1. The lowest BCUT2D eigenvalue weighted by atomic mass is 9.52. The van der Waals surface area contributed by atoms with E-state index in [1.54, 1.807) is 0 Å². The molecule has 0 spiro atoms. The number of nitrogens with one attached hydrogen (secondary N) is 2. The number of amides is 2. The predicted octanol–water partition coefficient (Wildman–Crippen LogP) is 7.75. The summed E-state index contributed by atoms with van der Waals surface area (Å²) >= 11 is 1.44. The van der Waals surface area contributed by atoms with Crippen molar-refractivity contribution >= 4 is 28.3 Å². The third-order valence-electron chi connectivity index (χ3n) is 9.59. The van der Waals surface area contributed by atoms with Gasteiger partial charge in [0.05, 0.1) is 11.1 Å². The molecule has 0 radical (unpaired) electrons. The molecule has 3 aromatic carbocycles. The van der Waals surface area contributed by atoms with E-state index in [1.807, 2.05) is 29.6 Å². The fourth-order valence-electron chi connectivity index (χ4n) is 7.42. The van der Waals surface area contributed by atoms with Crippen LogP contribution in [0.4, 0.5) is 5.13 Å². The van der Waals surface area contributed by atoms with Gasteiger partial charge in [-0.2, -0.15) is 0 Å². The zero-order valence-electron chi connectivity index (χ0n) is 23.4. The van der Waals surface area contributed by atoms with Gasteiger partial charge in [-0.15, -0.1) is 11.3 Å². The third-order valence-corrected chi connectivity index (χ3v) is 10.4. The van der Waals surface area contributed by atoms with Gasteiger partial charge in [0.1, 0.15) is 0 Å². The van der Waals surface area contributed by atoms with Gasteiger partial charge in [0.25, 0.3) is 5.91 Å². The first kappa shape index (κ1) is 26.1. The molecule has 2 amide bonds. The summed E-state index contributed by atoms with van der Waals surface area (Å²) in [5.74, 6) is 0.824. The monoisotopic (exact) mass is 561 g/mol. The Morgan fingerprint density at radius 3 is 2.17 bits per heavy atom. The van der Waals surface area contributed by atoms with Crippen LogP contribution in [-0.4, -0.2) is 23.3 Å². The molecule has 0 saturated heterocycles. The molecule has 208 valence electrons. The first-order chi connectivity index (χ1) is 20.0. The van der Waals surface area contributed by atoms with Gasteiger partial charge in [0.2, 0.25) is 5.91 Å². The van der Waals surface area contributed by atoms with Gasteiger partial charge in [0, 0.05) is 34.9 Å². The molecule has 6 heteroatoms. The Balaban J connectivity index is 1.05. The van der Waals surface area contributed by atoms with E-state index in [1.165, 1.54) is 65.7 Å². The Hall–Kier alpha value is -3.77. The molecule has 4 aromatic rings. The maximum atomic E-state index is 14.0. The van der Waals surface area contributed by atoms with E-state index < -0.39 is 5.41 Å². The highest BCUT2D eigenvalue weighted by Crippen LogP contribution is 2.61. The van der Waals surface area contributed by atoms with Crippen LogP contribution in [-0.2, 0) is 4.79 Å². The fourth-order valence-corrected chi connectivity index (χ4v) is 8.13.